The van der Waals surface area contributed by atoms with E-state index in [-0.39, 0.29) is 18.4 Å². The van der Waals surface area contributed by atoms with Gasteiger partial charge in [0.1, 0.15) is 0 Å². The van der Waals surface area contributed by atoms with Crippen molar-refractivity contribution in [1.82, 2.24) is 0 Å². The average molecular weight is 233 g/mol. The number of benzene rings is 1. The van der Waals surface area contributed by atoms with Crippen molar-refractivity contribution in [3.8, 4) is 0 Å². The molecular formula is C12H15N3O2. The van der Waals surface area contributed by atoms with E-state index < -0.39 is 0 Å². The molecule has 1 aliphatic heterocycles. The number of fused-ring (bicyclic) bond motifs is 1. The maximum Gasteiger partial charge on any atom is 0.247 e. The molecule has 1 aromatic carbocycles. The van der Waals surface area contributed by atoms with Gasteiger partial charge in [0.25, 0.3) is 0 Å². The Balaban J connectivity index is 2.45. The molecule has 0 aliphatic carbocycles. The molecule has 0 bridgehead atoms. The van der Waals surface area contributed by atoms with E-state index in [1.54, 1.807) is 6.07 Å². The molecule has 0 saturated carbocycles. The zero-order valence-electron chi connectivity index (χ0n) is 9.69. The van der Waals surface area contributed by atoms with Gasteiger partial charge < -0.3 is 11.1 Å². The van der Waals surface area contributed by atoms with E-state index in [0.29, 0.717) is 18.5 Å². The van der Waals surface area contributed by atoms with Crippen LogP contribution in [0.2, 0.25) is 0 Å². The van der Waals surface area contributed by atoms with Gasteiger partial charge in [-0.3, -0.25) is 9.59 Å². The Hall–Kier alpha value is -1.88. The molecule has 1 aromatic rings. The number of hydrogen-bond acceptors (Lipinski definition) is 4. The second-order valence-corrected chi connectivity index (χ2v) is 3.92. The first-order valence-electron chi connectivity index (χ1n) is 5.54. The lowest BCUT2D eigenvalue weighted by molar-refractivity contribution is -0.126. The van der Waals surface area contributed by atoms with Gasteiger partial charge in [-0.15, -0.1) is 0 Å². The minimum Gasteiger partial charge on any atom is -0.388 e. The lowest BCUT2D eigenvalue weighted by Crippen LogP contribution is -2.43. The van der Waals surface area contributed by atoms with Crippen LogP contribution < -0.4 is 16.0 Å². The number of aryl methyl sites for hydroxylation is 1. The van der Waals surface area contributed by atoms with Crippen LogP contribution in [0.5, 0.6) is 0 Å². The van der Waals surface area contributed by atoms with E-state index in [1.165, 1.54) is 4.90 Å². The summed E-state index contributed by atoms with van der Waals surface area (Å²) < 4.78 is 0. The Bertz CT molecular complexity index is 471. The van der Waals surface area contributed by atoms with Crippen molar-refractivity contribution in [2.45, 2.75) is 12.8 Å². The molecule has 0 fully saturated rings. The molecular weight excluding hydrogens is 218 g/mol. The fourth-order valence-electron chi connectivity index (χ4n) is 2.01. The second kappa shape index (κ2) is 4.55. The summed E-state index contributed by atoms with van der Waals surface area (Å²) in [6.45, 7) is -0.154. The Morgan fingerprint density at radius 1 is 1.47 bits per heavy atom. The van der Waals surface area contributed by atoms with Crippen LogP contribution in [-0.2, 0) is 16.0 Å². The summed E-state index contributed by atoms with van der Waals surface area (Å²) in [6, 6.07) is 5.58. The topological polar surface area (TPSA) is 75.4 Å². The quantitative estimate of drug-likeness (QED) is 0.779. The highest BCUT2D eigenvalue weighted by Crippen LogP contribution is 2.30. The molecule has 1 heterocycles. The van der Waals surface area contributed by atoms with Crippen molar-refractivity contribution in [3.63, 3.8) is 0 Å². The number of carbonyl (C=O) groups is 2. The molecule has 3 N–H and O–H groups in total. The number of nitrogens with two attached hydrogens (primary N) is 1. The van der Waals surface area contributed by atoms with Gasteiger partial charge >= 0.3 is 0 Å². The van der Waals surface area contributed by atoms with Crippen LogP contribution in [-0.4, -0.2) is 25.4 Å². The summed E-state index contributed by atoms with van der Waals surface area (Å²) in [4.78, 5) is 24.6. The highest BCUT2D eigenvalue weighted by atomic mass is 16.2. The SMILES string of the molecule is CNc1ccc2c(c1)CCC(=O)N2C(=O)CN. The summed E-state index contributed by atoms with van der Waals surface area (Å²) in [5.74, 6) is -0.529. The summed E-state index contributed by atoms with van der Waals surface area (Å²) in [7, 11) is 1.83. The number of anilines is 2. The minimum absolute atomic E-state index is 0.154. The van der Waals surface area contributed by atoms with E-state index in [1.807, 2.05) is 19.2 Å². The zero-order valence-corrected chi connectivity index (χ0v) is 9.69. The average Bonchev–Trinajstić information content (AvgIpc) is 2.37. The van der Waals surface area contributed by atoms with Gasteiger partial charge in [-0.05, 0) is 30.2 Å². The van der Waals surface area contributed by atoms with Crippen molar-refractivity contribution >= 4 is 23.2 Å². The summed E-state index contributed by atoms with van der Waals surface area (Å²) in [6.07, 6.45) is 1.02. The highest BCUT2D eigenvalue weighted by Gasteiger charge is 2.28. The van der Waals surface area contributed by atoms with E-state index in [2.05, 4.69) is 5.32 Å². The number of imide groups is 1. The molecule has 0 spiro atoms. The van der Waals surface area contributed by atoms with Gasteiger partial charge in [0.05, 0.1) is 12.2 Å². The number of carbonyl (C=O) groups excluding carboxylic acids is 2. The van der Waals surface area contributed by atoms with Gasteiger partial charge in [-0.2, -0.15) is 0 Å². The van der Waals surface area contributed by atoms with Crippen LogP contribution in [0, 0.1) is 0 Å². The molecule has 17 heavy (non-hydrogen) atoms. The number of hydrogen-bond donors (Lipinski definition) is 2. The standard InChI is InChI=1S/C12H15N3O2/c1-14-9-3-4-10-8(6-9)2-5-11(16)15(10)12(17)7-13/h3-4,6,14H,2,5,7,13H2,1H3. The van der Waals surface area contributed by atoms with E-state index in [4.69, 9.17) is 5.73 Å². The largest absolute Gasteiger partial charge is 0.388 e. The molecule has 2 rings (SSSR count). The predicted molar refractivity (Wildman–Crippen MR) is 65.9 cm³/mol. The number of rotatable bonds is 2. The Morgan fingerprint density at radius 2 is 2.24 bits per heavy atom. The van der Waals surface area contributed by atoms with Crippen LogP contribution in [0.3, 0.4) is 0 Å². The zero-order chi connectivity index (χ0) is 12.4. The number of nitrogens with zero attached hydrogens (tertiary/aromatic N) is 1. The van der Waals surface area contributed by atoms with Crippen LogP contribution in [0.4, 0.5) is 11.4 Å². The molecule has 5 heteroatoms. The van der Waals surface area contributed by atoms with Gasteiger partial charge in [0, 0.05) is 19.2 Å². The highest BCUT2D eigenvalue weighted by molar-refractivity contribution is 6.17. The molecule has 90 valence electrons. The van der Waals surface area contributed by atoms with E-state index in [0.717, 1.165) is 11.3 Å². The molecule has 0 aromatic heterocycles. The summed E-state index contributed by atoms with van der Waals surface area (Å²) in [5.41, 5.74) is 7.95. The lowest BCUT2D eigenvalue weighted by Gasteiger charge is -2.27. The van der Waals surface area contributed by atoms with Crippen LogP contribution >= 0.6 is 0 Å². The van der Waals surface area contributed by atoms with E-state index >= 15 is 0 Å². The molecule has 0 saturated heterocycles. The molecule has 1 aliphatic rings. The van der Waals surface area contributed by atoms with Gasteiger partial charge in [-0.25, -0.2) is 4.90 Å². The van der Waals surface area contributed by atoms with Crippen molar-refractivity contribution in [2.24, 2.45) is 5.73 Å². The van der Waals surface area contributed by atoms with Gasteiger partial charge in [-0.1, -0.05) is 0 Å². The molecule has 0 atom stereocenters. The third kappa shape index (κ3) is 2.01. The Morgan fingerprint density at radius 3 is 2.88 bits per heavy atom. The third-order valence-corrected chi connectivity index (χ3v) is 2.89. The normalized spacial score (nSPS) is 14.5. The molecule has 5 nitrogen and oxygen atoms in total. The second-order valence-electron chi connectivity index (χ2n) is 3.92. The minimum atomic E-state index is -0.354. The molecule has 2 amide bonds. The molecule has 0 radical (unpaired) electrons. The summed E-state index contributed by atoms with van der Waals surface area (Å²) >= 11 is 0. The van der Waals surface area contributed by atoms with Gasteiger partial charge in [0.15, 0.2) is 0 Å². The first-order valence-corrected chi connectivity index (χ1v) is 5.54. The summed E-state index contributed by atoms with van der Waals surface area (Å²) in [5, 5.41) is 3.03. The lowest BCUT2D eigenvalue weighted by atomic mass is 10.0. The maximum absolute atomic E-state index is 11.7. The predicted octanol–water partition coefficient (Wildman–Crippen LogP) is 0.493. The van der Waals surface area contributed by atoms with Gasteiger partial charge in [0.2, 0.25) is 11.8 Å². The van der Waals surface area contributed by atoms with Crippen molar-refractivity contribution in [3.05, 3.63) is 23.8 Å². The number of nitrogens with one attached hydrogen (secondary N) is 1. The fraction of sp³-hybridized carbons (Fsp3) is 0.333. The fourth-order valence-corrected chi connectivity index (χ4v) is 2.01. The first kappa shape index (κ1) is 11.6. The smallest absolute Gasteiger partial charge is 0.247 e. The van der Waals surface area contributed by atoms with Crippen molar-refractivity contribution in [1.29, 1.82) is 0 Å². The third-order valence-electron chi connectivity index (χ3n) is 2.89. The molecule has 0 unspecified atom stereocenters. The van der Waals surface area contributed by atoms with Crippen LogP contribution in [0.15, 0.2) is 18.2 Å². The number of amides is 2. The monoisotopic (exact) mass is 233 g/mol. The van der Waals surface area contributed by atoms with Crippen LogP contribution in [0.25, 0.3) is 0 Å². The van der Waals surface area contributed by atoms with Crippen molar-refractivity contribution < 1.29 is 9.59 Å². The van der Waals surface area contributed by atoms with Crippen LogP contribution in [0.1, 0.15) is 12.0 Å². The van der Waals surface area contributed by atoms with Crippen molar-refractivity contribution in [2.75, 3.05) is 23.8 Å². The maximum atomic E-state index is 11.7. The Labute approximate surface area is 99.6 Å². The van der Waals surface area contributed by atoms with E-state index in [9.17, 15) is 9.59 Å². The Kier molecular flexibility index (Phi) is 3.10. The first-order chi connectivity index (χ1) is 8.17.